The molecule has 0 spiro atoms. The van der Waals surface area contributed by atoms with Crippen molar-refractivity contribution >= 4 is 0 Å². The van der Waals surface area contributed by atoms with Crippen LogP contribution >= 0.6 is 0 Å². The van der Waals surface area contributed by atoms with Gasteiger partial charge in [0.1, 0.15) is 0 Å². The van der Waals surface area contributed by atoms with E-state index in [9.17, 15) is 0 Å². The molecule has 0 N–H and O–H groups in total. The molecule has 0 amide bonds. The Labute approximate surface area is 144 Å². The first-order valence-corrected chi connectivity index (χ1v) is 9.41. The van der Waals surface area contributed by atoms with E-state index in [1.165, 1.54) is 50.8 Å². The van der Waals surface area contributed by atoms with Crippen molar-refractivity contribution in [1.82, 2.24) is 15.1 Å². The Balaban J connectivity index is 1.37. The van der Waals surface area contributed by atoms with E-state index in [1.807, 2.05) is 0 Å². The summed E-state index contributed by atoms with van der Waals surface area (Å²) in [4.78, 5) is 2.61. The third kappa shape index (κ3) is 3.54. The maximum absolute atomic E-state index is 5.98. The minimum absolute atomic E-state index is 0.403. The highest BCUT2D eigenvalue weighted by atomic mass is 16.4. The molecule has 2 heterocycles. The lowest BCUT2D eigenvalue weighted by Crippen LogP contribution is -2.28. The van der Waals surface area contributed by atoms with Crippen LogP contribution in [0.3, 0.4) is 0 Å². The van der Waals surface area contributed by atoms with E-state index in [2.05, 4.69) is 46.3 Å². The molecule has 1 unspecified atom stereocenters. The fourth-order valence-corrected chi connectivity index (χ4v) is 4.15. The van der Waals surface area contributed by atoms with Gasteiger partial charge in [0, 0.05) is 18.7 Å². The van der Waals surface area contributed by atoms with E-state index >= 15 is 0 Å². The minimum atomic E-state index is 0.403. The van der Waals surface area contributed by atoms with Crippen molar-refractivity contribution in [2.45, 2.75) is 51.4 Å². The van der Waals surface area contributed by atoms with Gasteiger partial charge in [0.25, 0.3) is 0 Å². The quantitative estimate of drug-likeness (QED) is 0.835. The smallest absolute Gasteiger partial charge is 0.247 e. The second-order valence-corrected chi connectivity index (χ2v) is 7.56. The summed E-state index contributed by atoms with van der Waals surface area (Å²) in [7, 11) is 0. The Hall–Kier alpha value is -1.68. The molecule has 1 atom stereocenters. The van der Waals surface area contributed by atoms with Gasteiger partial charge in [0.05, 0.1) is 5.92 Å². The molecule has 128 valence electrons. The maximum atomic E-state index is 5.98. The van der Waals surface area contributed by atoms with Gasteiger partial charge in [0.2, 0.25) is 11.8 Å². The number of hydrogen-bond donors (Lipinski definition) is 0. The average Bonchev–Trinajstić information content (AvgIpc) is 3.26. The van der Waals surface area contributed by atoms with Crippen molar-refractivity contribution in [2.75, 3.05) is 19.6 Å². The molecule has 1 saturated carbocycles. The Morgan fingerprint density at radius 3 is 2.62 bits per heavy atom. The lowest BCUT2D eigenvalue weighted by atomic mass is 9.89. The molecule has 4 nitrogen and oxygen atoms in total. The van der Waals surface area contributed by atoms with Crippen LogP contribution in [0, 0.1) is 12.8 Å². The first-order valence-electron chi connectivity index (χ1n) is 9.41. The van der Waals surface area contributed by atoms with Crippen LogP contribution in [0.5, 0.6) is 0 Å². The second-order valence-electron chi connectivity index (χ2n) is 7.56. The van der Waals surface area contributed by atoms with E-state index in [-0.39, 0.29) is 0 Å². The minimum Gasteiger partial charge on any atom is -0.420 e. The predicted molar refractivity (Wildman–Crippen MR) is 94.8 cm³/mol. The fraction of sp³-hybridized carbons (Fsp3) is 0.600. The monoisotopic (exact) mass is 325 g/mol. The second kappa shape index (κ2) is 7.06. The summed E-state index contributed by atoms with van der Waals surface area (Å²) < 4.78 is 5.98. The van der Waals surface area contributed by atoms with Crippen molar-refractivity contribution < 1.29 is 4.42 Å². The predicted octanol–water partition coefficient (Wildman–Crippen LogP) is 4.41. The third-order valence-electron chi connectivity index (χ3n) is 5.60. The van der Waals surface area contributed by atoms with Crippen molar-refractivity contribution in [2.24, 2.45) is 5.92 Å². The standard InChI is InChI=1S/C20H27N3O/c1-15-7-9-17(10-8-15)19-21-22-20(24-19)18-11-12-23(14-18)13-16-5-3-2-4-6-16/h7-10,16,18H,2-6,11-14H2,1H3. The Kier molecular flexibility index (Phi) is 4.65. The van der Waals surface area contributed by atoms with Gasteiger partial charge < -0.3 is 9.32 Å². The highest BCUT2D eigenvalue weighted by Crippen LogP contribution is 2.31. The molecule has 1 aromatic carbocycles. The average molecular weight is 325 g/mol. The maximum Gasteiger partial charge on any atom is 0.247 e. The molecular weight excluding hydrogens is 298 g/mol. The number of aryl methyl sites for hydroxylation is 1. The highest BCUT2D eigenvalue weighted by molar-refractivity contribution is 5.52. The van der Waals surface area contributed by atoms with Crippen LogP contribution in [0.25, 0.3) is 11.5 Å². The number of hydrogen-bond acceptors (Lipinski definition) is 4. The topological polar surface area (TPSA) is 42.2 Å². The van der Waals surface area contributed by atoms with Gasteiger partial charge in [0.15, 0.2) is 0 Å². The largest absolute Gasteiger partial charge is 0.420 e. The Bertz CT molecular complexity index is 658. The molecule has 1 aromatic heterocycles. The summed E-state index contributed by atoms with van der Waals surface area (Å²) >= 11 is 0. The van der Waals surface area contributed by atoms with Crippen molar-refractivity contribution in [3.05, 3.63) is 35.7 Å². The van der Waals surface area contributed by atoms with Gasteiger partial charge in [-0.1, -0.05) is 37.0 Å². The molecule has 1 aliphatic heterocycles. The summed E-state index contributed by atoms with van der Waals surface area (Å²) in [5.74, 6) is 2.77. The van der Waals surface area contributed by atoms with Crippen LogP contribution in [0.2, 0.25) is 0 Å². The zero-order valence-corrected chi connectivity index (χ0v) is 14.6. The summed E-state index contributed by atoms with van der Waals surface area (Å²) in [6, 6.07) is 8.27. The summed E-state index contributed by atoms with van der Waals surface area (Å²) in [6.45, 7) is 5.59. The number of likely N-dealkylation sites (tertiary alicyclic amines) is 1. The highest BCUT2D eigenvalue weighted by Gasteiger charge is 2.29. The van der Waals surface area contributed by atoms with Gasteiger partial charge in [-0.25, -0.2) is 0 Å². The van der Waals surface area contributed by atoms with Crippen LogP contribution in [-0.4, -0.2) is 34.7 Å². The third-order valence-corrected chi connectivity index (χ3v) is 5.60. The number of benzene rings is 1. The number of rotatable bonds is 4. The van der Waals surface area contributed by atoms with Gasteiger partial charge in [-0.3, -0.25) is 0 Å². The molecule has 0 bridgehead atoms. The first kappa shape index (κ1) is 15.8. The van der Waals surface area contributed by atoms with E-state index in [0.29, 0.717) is 11.8 Å². The van der Waals surface area contributed by atoms with E-state index in [4.69, 9.17) is 4.42 Å². The summed E-state index contributed by atoms with van der Waals surface area (Å²) in [6.07, 6.45) is 8.25. The molecule has 4 rings (SSSR count). The summed E-state index contributed by atoms with van der Waals surface area (Å²) in [5, 5.41) is 8.60. The molecular formula is C20H27N3O. The zero-order valence-electron chi connectivity index (χ0n) is 14.6. The Morgan fingerprint density at radius 1 is 1.04 bits per heavy atom. The lowest BCUT2D eigenvalue weighted by molar-refractivity contribution is 0.230. The van der Waals surface area contributed by atoms with Gasteiger partial charge >= 0.3 is 0 Å². The molecule has 4 heteroatoms. The zero-order chi connectivity index (χ0) is 16.4. The SMILES string of the molecule is Cc1ccc(-c2nnc(C3CCN(CC4CCCCC4)C3)o2)cc1. The van der Waals surface area contributed by atoms with Crippen LogP contribution < -0.4 is 0 Å². The normalized spacial score (nSPS) is 23.0. The lowest BCUT2D eigenvalue weighted by Gasteiger charge is -2.26. The van der Waals surface area contributed by atoms with Crippen molar-refractivity contribution in [3.8, 4) is 11.5 Å². The van der Waals surface area contributed by atoms with Crippen LogP contribution in [0.15, 0.2) is 28.7 Å². The van der Waals surface area contributed by atoms with Gasteiger partial charge in [-0.2, -0.15) is 0 Å². The first-order chi connectivity index (χ1) is 11.8. The van der Waals surface area contributed by atoms with Gasteiger partial charge in [-0.15, -0.1) is 10.2 Å². The molecule has 1 saturated heterocycles. The number of nitrogens with zero attached hydrogens (tertiary/aromatic N) is 3. The van der Waals surface area contributed by atoms with Crippen molar-refractivity contribution in [1.29, 1.82) is 0 Å². The summed E-state index contributed by atoms with van der Waals surface area (Å²) in [5.41, 5.74) is 2.25. The molecule has 24 heavy (non-hydrogen) atoms. The fourth-order valence-electron chi connectivity index (χ4n) is 4.15. The molecule has 0 radical (unpaired) electrons. The molecule has 2 aliphatic rings. The Morgan fingerprint density at radius 2 is 1.83 bits per heavy atom. The van der Waals surface area contributed by atoms with Gasteiger partial charge in [-0.05, 0) is 50.8 Å². The van der Waals surface area contributed by atoms with E-state index in [1.54, 1.807) is 0 Å². The van der Waals surface area contributed by atoms with Crippen molar-refractivity contribution in [3.63, 3.8) is 0 Å². The van der Waals surface area contributed by atoms with E-state index < -0.39 is 0 Å². The molecule has 2 fully saturated rings. The number of aromatic nitrogens is 2. The van der Waals surface area contributed by atoms with Crippen LogP contribution in [0.1, 0.15) is 55.9 Å². The van der Waals surface area contributed by atoms with Crippen LogP contribution in [-0.2, 0) is 0 Å². The van der Waals surface area contributed by atoms with Crippen LogP contribution in [0.4, 0.5) is 0 Å². The van der Waals surface area contributed by atoms with E-state index in [0.717, 1.165) is 30.3 Å². The molecule has 1 aliphatic carbocycles. The molecule has 2 aromatic rings.